The minimum atomic E-state index is 0.107. The fourth-order valence-electron chi connectivity index (χ4n) is 2.77. The first-order valence-corrected chi connectivity index (χ1v) is 7.59. The molecular formula is C15H21N3O3. The van der Waals surface area contributed by atoms with Crippen molar-refractivity contribution in [1.29, 1.82) is 0 Å². The van der Waals surface area contributed by atoms with Gasteiger partial charge in [0.2, 0.25) is 11.8 Å². The maximum Gasteiger partial charge on any atom is 0.319 e. The Morgan fingerprint density at radius 2 is 2.05 bits per heavy atom. The number of methoxy groups -OCH3 is 1. The fraction of sp³-hybridized carbons (Fsp3) is 0.667. The summed E-state index contributed by atoms with van der Waals surface area (Å²) < 4.78 is 10.8. The number of nitrogens with zero attached hydrogens (tertiary/aromatic N) is 3. The third kappa shape index (κ3) is 3.25. The van der Waals surface area contributed by atoms with Crippen LogP contribution < -0.4 is 9.47 Å². The lowest BCUT2D eigenvalue weighted by atomic mass is 9.84. The number of aromatic nitrogens is 2. The number of amides is 1. The summed E-state index contributed by atoms with van der Waals surface area (Å²) in [7, 11) is 1.53. The third-order valence-electron chi connectivity index (χ3n) is 4.29. The van der Waals surface area contributed by atoms with E-state index in [1.807, 2.05) is 4.90 Å². The van der Waals surface area contributed by atoms with E-state index < -0.39 is 0 Å². The van der Waals surface area contributed by atoms with Gasteiger partial charge in [-0.05, 0) is 12.8 Å². The van der Waals surface area contributed by atoms with Gasteiger partial charge in [0.1, 0.15) is 6.10 Å². The molecule has 2 fully saturated rings. The summed E-state index contributed by atoms with van der Waals surface area (Å²) in [4.78, 5) is 22.3. The van der Waals surface area contributed by atoms with E-state index in [0.29, 0.717) is 17.8 Å². The van der Waals surface area contributed by atoms with E-state index in [2.05, 4.69) is 9.97 Å². The molecule has 3 rings (SSSR count). The number of piperidine rings is 1. The standard InChI is InChI=1S/C15H21N3O3/c1-20-15-16-8-5-13(17-15)21-12-6-9-18(10-7-12)14(19)11-3-2-4-11/h5,8,11-12H,2-4,6-7,9-10H2,1H3. The van der Waals surface area contributed by atoms with E-state index in [9.17, 15) is 4.79 Å². The normalized spacial score (nSPS) is 20.0. The lowest BCUT2D eigenvalue weighted by molar-refractivity contribution is -0.140. The third-order valence-corrected chi connectivity index (χ3v) is 4.29. The van der Waals surface area contributed by atoms with Gasteiger partial charge in [-0.1, -0.05) is 6.42 Å². The quantitative estimate of drug-likeness (QED) is 0.844. The highest BCUT2D eigenvalue weighted by Gasteiger charge is 2.32. The predicted molar refractivity (Wildman–Crippen MR) is 76.2 cm³/mol. The lowest BCUT2D eigenvalue weighted by Crippen LogP contribution is -2.45. The summed E-state index contributed by atoms with van der Waals surface area (Å²) in [5.41, 5.74) is 0. The summed E-state index contributed by atoms with van der Waals surface area (Å²) in [6.45, 7) is 1.56. The van der Waals surface area contributed by atoms with Crippen molar-refractivity contribution in [1.82, 2.24) is 14.9 Å². The average molecular weight is 291 g/mol. The molecule has 21 heavy (non-hydrogen) atoms. The van der Waals surface area contributed by atoms with Crippen LogP contribution >= 0.6 is 0 Å². The van der Waals surface area contributed by atoms with Crippen molar-refractivity contribution >= 4 is 5.91 Å². The molecule has 0 atom stereocenters. The first-order chi connectivity index (χ1) is 10.3. The van der Waals surface area contributed by atoms with Crippen LogP contribution in [0.2, 0.25) is 0 Å². The zero-order valence-corrected chi connectivity index (χ0v) is 12.3. The Balaban J connectivity index is 1.50. The van der Waals surface area contributed by atoms with Crippen LogP contribution in [0.25, 0.3) is 0 Å². The van der Waals surface area contributed by atoms with Crippen LogP contribution in [0, 0.1) is 5.92 Å². The molecule has 1 amide bonds. The van der Waals surface area contributed by atoms with Gasteiger partial charge in [0.15, 0.2) is 0 Å². The molecule has 6 heteroatoms. The molecule has 0 unspecified atom stereocenters. The van der Waals surface area contributed by atoms with E-state index in [-0.39, 0.29) is 12.0 Å². The molecule has 1 aromatic rings. The van der Waals surface area contributed by atoms with Crippen LogP contribution in [0.15, 0.2) is 12.3 Å². The van der Waals surface area contributed by atoms with Crippen LogP contribution in [-0.2, 0) is 4.79 Å². The molecule has 1 aromatic heterocycles. The van der Waals surface area contributed by atoms with Gasteiger partial charge in [-0.2, -0.15) is 4.98 Å². The number of hydrogen-bond acceptors (Lipinski definition) is 5. The molecule has 0 aromatic carbocycles. The smallest absolute Gasteiger partial charge is 0.319 e. The molecule has 1 saturated carbocycles. The molecule has 114 valence electrons. The first-order valence-electron chi connectivity index (χ1n) is 7.59. The van der Waals surface area contributed by atoms with E-state index in [4.69, 9.17) is 9.47 Å². The zero-order chi connectivity index (χ0) is 14.7. The second-order valence-corrected chi connectivity index (χ2v) is 5.65. The van der Waals surface area contributed by atoms with Crippen LogP contribution in [-0.4, -0.2) is 47.1 Å². The second kappa shape index (κ2) is 6.28. The molecule has 1 aliphatic carbocycles. The zero-order valence-electron chi connectivity index (χ0n) is 12.3. The highest BCUT2D eigenvalue weighted by atomic mass is 16.5. The molecule has 0 spiro atoms. The van der Waals surface area contributed by atoms with Gasteiger partial charge in [-0.15, -0.1) is 0 Å². The largest absolute Gasteiger partial charge is 0.474 e. The number of likely N-dealkylation sites (tertiary alicyclic amines) is 1. The monoisotopic (exact) mass is 291 g/mol. The lowest BCUT2D eigenvalue weighted by Gasteiger charge is -2.36. The van der Waals surface area contributed by atoms with Crippen molar-refractivity contribution in [3.05, 3.63) is 12.3 Å². The molecule has 2 heterocycles. The number of carbonyl (C=O) groups is 1. The summed E-state index contributed by atoms with van der Waals surface area (Å²) in [6, 6.07) is 2.04. The van der Waals surface area contributed by atoms with Crippen LogP contribution in [0.4, 0.5) is 0 Å². The van der Waals surface area contributed by atoms with Crippen LogP contribution in [0.1, 0.15) is 32.1 Å². The van der Waals surface area contributed by atoms with Gasteiger partial charge in [0, 0.05) is 44.1 Å². The first kappa shape index (κ1) is 14.1. The van der Waals surface area contributed by atoms with E-state index >= 15 is 0 Å². The predicted octanol–water partition coefficient (Wildman–Crippen LogP) is 1.66. The fourth-order valence-corrected chi connectivity index (χ4v) is 2.77. The summed E-state index contributed by atoms with van der Waals surface area (Å²) >= 11 is 0. The van der Waals surface area contributed by atoms with Gasteiger partial charge in [0.25, 0.3) is 0 Å². The molecular weight excluding hydrogens is 270 g/mol. The minimum absolute atomic E-state index is 0.107. The molecule has 1 saturated heterocycles. The van der Waals surface area contributed by atoms with Gasteiger partial charge in [-0.25, -0.2) is 4.98 Å². The second-order valence-electron chi connectivity index (χ2n) is 5.65. The topological polar surface area (TPSA) is 64.6 Å². The van der Waals surface area contributed by atoms with Crippen molar-refractivity contribution in [2.24, 2.45) is 5.92 Å². The van der Waals surface area contributed by atoms with E-state index in [0.717, 1.165) is 38.8 Å². The van der Waals surface area contributed by atoms with Gasteiger partial charge < -0.3 is 14.4 Å². The molecule has 1 aliphatic heterocycles. The van der Waals surface area contributed by atoms with Gasteiger partial charge in [-0.3, -0.25) is 4.79 Å². The van der Waals surface area contributed by atoms with Crippen LogP contribution in [0.3, 0.4) is 0 Å². The van der Waals surface area contributed by atoms with E-state index in [1.165, 1.54) is 13.5 Å². The van der Waals surface area contributed by atoms with Crippen LogP contribution in [0.5, 0.6) is 11.9 Å². The summed E-state index contributed by atoms with van der Waals surface area (Å²) in [5.74, 6) is 1.16. The Hall–Kier alpha value is -1.85. The number of carbonyl (C=O) groups excluding carboxylic acids is 1. The highest BCUT2D eigenvalue weighted by Crippen LogP contribution is 2.29. The molecule has 6 nitrogen and oxygen atoms in total. The molecule has 2 aliphatic rings. The van der Waals surface area contributed by atoms with Crippen molar-refractivity contribution < 1.29 is 14.3 Å². The number of ether oxygens (including phenoxy) is 2. The number of rotatable bonds is 4. The Morgan fingerprint density at radius 3 is 2.67 bits per heavy atom. The van der Waals surface area contributed by atoms with Gasteiger partial charge >= 0.3 is 6.01 Å². The van der Waals surface area contributed by atoms with Crippen molar-refractivity contribution in [2.45, 2.75) is 38.2 Å². The maximum atomic E-state index is 12.2. The highest BCUT2D eigenvalue weighted by molar-refractivity contribution is 5.79. The van der Waals surface area contributed by atoms with Gasteiger partial charge in [0.05, 0.1) is 7.11 Å². The Bertz CT molecular complexity index is 497. The van der Waals surface area contributed by atoms with Crippen molar-refractivity contribution in [3.8, 4) is 11.9 Å². The van der Waals surface area contributed by atoms with Crippen molar-refractivity contribution in [2.75, 3.05) is 20.2 Å². The molecule has 0 bridgehead atoms. The molecule has 0 radical (unpaired) electrons. The average Bonchev–Trinajstić information content (AvgIpc) is 2.46. The minimum Gasteiger partial charge on any atom is -0.474 e. The SMILES string of the molecule is COc1nccc(OC2CCN(C(=O)C3CCC3)CC2)n1. The Morgan fingerprint density at radius 1 is 1.29 bits per heavy atom. The Kier molecular flexibility index (Phi) is 4.22. The van der Waals surface area contributed by atoms with Crippen molar-refractivity contribution in [3.63, 3.8) is 0 Å². The Labute approximate surface area is 124 Å². The summed E-state index contributed by atoms with van der Waals surface area (Å²) in [6.07, 6.45) is 6.76. The number of hydrogen-bond donors (Lipinski definition) is 0. The van der Waals surface area contributed by atoms with E-state index in [1.54, 1.807) is 12.3 Å². The summed E-state index contributed by atoms with van der Waals surface area (Å²) in [5, 5.41) is 0. The molecule has 0 N–H and O–H groups in total. The maximum absolute atomic E-state index is 12.2.